The van der Waals surface area contributed by atoms with Gasteiger partial charge in [-0.1, -0.05) is 36.4 Å². The summed E-state index contributed by atoms with van der Waals surface area (Å²) in [6.45, 7) is 0.997. The smallest absolute Gasteiger partial charge is 0.254 e. The van der Waals surface area contributed by atoms with E-state index in [-0.39, 0.29) is 5.91 Å². The number of hydrogen-bond donors (Lipinski definition) is 2. The molecule has 0 saturated heterocycles. The number of aromatic nitrogens is 2. The third-order valence-corrected chi connectivity index (χ3v) is 5.18. The lowest BCUT2D eigenvalue weighted by Gasteiger charge is -2.05. The maximum absolute atomic E-state index is 12.4. The van der Waals surface area contributed by atoms with Crippen molar-refractivity contribution in [3.63, 3.8) is 0 Å². The molecule has 2 amide bonds. The first-order chi connectivity index (χ1) is 14.1. The highest BCUT2D eigenvalue weighted by Gasteiger charge is 2.21. The Hall–Kier alpha value is -3.41. The predicted molar refractivity (Wildman–Crippen MR) is 110 cm³/mol. The molecule has 3 N–H and O–H groups in total. The normalized spacial score (nSPS) is 13.2. The lowest BCUT2D eigenvalue weighted by atomic mass is 10.1. The summed E-state index contributed by atoms with van der Waals surface area (Å²) in [5.74, 6) is 0.231. The van der Waals surface area contributed by atoms with Gasteiger partial charge in [0.2, 0.25) is 5.91 Å². The Morgan fingerprint density at radius 1 is 0.966 bits per heavy atom. The van der Waals surface area contributed by atoms with Crippen LogP contribution in [0.15, 0.2) is 60.9 Å². The highest BCUT2D eigenvalue weighted by Crippen LogP contribution is 2.32. The van der Waals surface area contributed by atoms with Crippen molar-refractivity contribution in [1.82, 2.24) is 15.1 Å². The van der Waals surface area contributed by atoms with E-state index in [0.717, 1.165) is 17.0 Å². The molecule has 1 aliphatic carbocycles. The fourth-order valence-corrected chi connectivity index (χ4v) is 3.26. The van der Waals surface area contributed by atoms with Crippen LogP contribution in [0.2, 0.25) is 0 Å². The van der Waals surface area contributed by atoms with Crippen LogP contribution in [0.1, 0.15) is 50.2 Å². The molecule has 148 valence electrons. The lowest BCUT2D eigenvalue weighted by molar-refractivity contribution is 0.0949. The number of nitrogens with one attached hydrogen (secondary N) is 1. The number of nitrogens with two attached hydrogens (primary N) is 1. The van der Waals surface area contributed by atoms with Crippen molar-refractivity contribution in [2.24, 2.45) is 11.7 Å². The third-order valence-electron chi connectivity index (χ3n) is 5.18. The molecule has 1 heterocycles. The number of nitrogens with zero attached hydrogens (tertiary/aromatic N) is 2. The molecule has 6 nitrogen and oxygen atoms in total. The summed E-state index contributed by atoms with van der Waals surface area (Å²) in [5.41, 5.74) is 9.64. The molecule has 4 rings (SSSR count). The summed E-state index contributed by atoms with van der Waals surface area (Å²) in [4.78, 5) is 23.5. The average molecular weight is 388 g/mol. The van der Waals surface area contributed by atoms with Crippen LogP contribution in [0.5, 0.6) is 0 Å². The minimum absolute atomic E-state index is 0.185. The SMILES string of the molecule is NC(=O)c1ccc(CNC(=O)c2cnn(Cc3ccc(CC4CC4)cc3)c2)cc1. The summed E-state index contributed by atoms with van der Waals surface area (Å²) >= 11 is 0. The molecule has 0 aliphatic heterocycles. The van der Waals surface area contributed by atoms with Crippen molar-refractivity contribution in [3.8, 4) is 0 Å². The van der Waals surface area contributed by atoms with Crippen molar-refractivity contribution >= 4 is 11.8 Å². The Bertz CT molecular complexity index is 1000. The topological polar surface area (TPSA) is 90.0 Å². The van der Waals surface area contributed by atoms with Crippen LogP contribution in [0.4, 0.5) is 0 Å². The van der Waals surface area contributed by atoms with E-state index in [1.54, 1.807) is 41.3 Å². The van der Waals surface area contributed by atoms with Gasteiger partial charge in [0.15, 0.2) is 0 Å². The number of rotatable bonds is 8. The Morgan fingerprint density at radius 3 is 2.28 bits per heavy atom. The van der Waals surface area contributed by atoms with Crippen LogP contribution in [0.3, 0.4) is 0 Å². The highest BCUT2D eigenvalue weighted by molar-refractivity contribution is 5.94. The zero-order valence-electron chi connectivity index (χ0n) is 16.2. The van der Waals surface area contributed by atoms with Gasteiger partial charge in [-0.15, -0.1) is 0 Å². The van der Waals surface area contributed by atoms with Gasteiger partial charge in [-0.3, -0.25) is 14.3 Å². The second kappa shape index (κ2) is 8.31. The maximum atomic E-state index is 12.4. The Kier molecular flexibility index (Phi) is 5.42. The minimum Gasteiger partial charge on any atom is -0.366 e. The van der Waals surface area contributed by atoms with E-state index in [2.05, 4.69) is 34.7 Å². The van der Waals surface area contributed by atoms with Gasteiger partial charge in [-0.25, -0.2) is 0 Å². The van der Waals surface area contributed by atoms with Crippen molar-refractivity contribution in [1.29, 1.82) is 0 Å². The fourth-order valence-electron chi connectivity index (χ4n) is 3.26. The van der Waals surface area contributed by atoms with Crippen LogP contribution in [0.25, 0.3) is 0 Å². The van der Waals surface area contributed by atoms with Crippen LogP contribution < -0.4 is 11.1 Å². The summed E-state index contributed by atoms with van der Waals surface area (Å²) < 4.78 is 1.77. The van der Waals surface area contributed by atoms with Crippen molar-refractivity contribution in [3.05, 3.63) is 88.7 Å². The molecule has 29 heavy (non-hydrogen) atoms. The number of carbonyl (C=O) groups excluding carboxylic acids is 2. The first-order valence-corrected chi connectivity index (χ1v) is 9.84. The van der Waals surface area contributed by atoms with Crippen LogP contribution in [0, 0.1) is 5.92 Å². The Labute approximate surface area is 169 Å². The molecule has 1 fully saturated rings. The van der Waals surface area contributed by atoms with E-state index in [0.29, 0.717) is 24.2 Å². The lowest BCUT2D eigenvalue weighted by Crippen LogP contribution is -2.22. The van der Waals surface area contributed by atoms with Crippen LogP contribution >= 0.6 is 0 Å². The average Bonchev–Trinajstić information content (AvgIpc) is 3.42. The van der Waals surface area contributed by atoms with Crippen LogP contribution in [-0.2, 0) is 19.5 Å². The van der Waals surface area contributed by atoms with Crippen LogP contribution in [-0.4, -0.2) is 21.6 Å². The number of amides is 2. The molecule has 2 aromatic carbocycles. The summed E-state index contributed by atoms with van der Waals surface area (Å²) in [6, 6.07) is 15.5. The predicted octanol–water partition coefficient (Wildman–Crippen LogP) is 2.91. The number of carbonyl (C=O) groups is 2. The Balaban J connectivity index is 1.30. The molecule has 3 aromatic rings. The van der Waals surface area contributed by atoms with Gasteiger partial charge in [0.1, 0.15) is 0 Å². The van der Waals surface area contributed by atoms with E-state index < -0.39 is 5.91 Å². The van der Waals surface area contributed by atoms with Crippen molar-refractivity contribution < 1.29 is 9.59 Å². The first kappa shape index (κ1) is 18.9. The molecule has 1 aliphatic rings. The molecule has 1 saturated carbocycles. The van der Waals surface area contributed by atoms with Gasteiger partial charge >= 0.3 is 0 Å². The number of hydrogen-bond acceptors (Lipinski definition) is 3. The van der Waals surface area contributed by atoms with Crippen molar-refractivity contribution in [2.45, 2.75) is 32.4 Å². The Morgan fingerprint density at radius 2 is 1.62 bits per heavy atom. The van der Waals surface area contributed by atoms with Gasteiger partial charge in [0.25, 0.3) is 5.91 Å². The third kappa shape index (κ3) is 5.10. The highest BCUT2D eigenvalue weighted by atomic mass is 16.2. The quantitative estimate of drug-likeness (QED) is 0.622. The number of benzene rings is 2. The number of primary amides is 1. The van der Waals surface area contributed by atoms with E-state index in [4.69, 9.17) is 5.73 Å². The first-order valence-electron chi connectivity index (χ1n) is 9.84. The van der Waals surface area contributed by atoms with E-state index in [1.807, 2.05) is 0 Å². The molecule has 0 unspecified atom stereocenters. The van der Waals surface area contributed by atoms with E-state index >= 15 is 0 Å². The molecule has 6 heteroatoms. The molecule has 0 radical (unpaired) electrons. The summed E-state index contributed by atoms with van der Waals surface area (Å²) in [7, 11) is 0. The summed E-state index contributed by atoms with van der Waals surface area (Å²) in [6.07, 6.45) is 7.23. The van der Waals surface area contributed by atoms with Gasteiger partial charge in [0, 0.05) is 18.3 Å². The second-order valence-corrected chi connectivity index (χ2v) is 7.63. The minimum atomic E-state index is -0.467. The second-order valence-electron chi connectivity index (χ2n) is 7.63. The molecule has 0 atom stereocenters. The molecule has 0 spiro atoms. The summed E-state index contributed by atoms with van der Waals surface area (Å²) in [5, 5.41) is 7.17. The van der Waals surface area contributed by atoms with Gasteiger partial charge in [-0.2, -0.15) is 5.10 Å². The fraction of sp³-hybridized carbons (Fsp3) is 0.261. The zero-order chi connectivity index (χ0) is 20.2. The maximum Gasteiger partial charge on any atom is 0.254 e. The van der Waals surface area contributed by atoms with Crippen molar-refractivity contribution in [2.75, 3.05) is 0 Å². The molecular formula is C23H24N4O2. The molecule has 1 aromatic heterocycles. The van der Waals surface area contributed by atoms with E-state index in [1.165, 1.54) is 24.8 Å². The van der Waals surface area contributed by atoms with Gasteiger partial charge in [0.05, 0.1) is 18.3 Å². The molecular weight excluding hydrogens is 364 g/mol. The standard InChI is InChI=1S/C23H24N4O2/c24-22(28)20-9-7-18(8-10-20)12-25-23(29)21-13-26-27(15-21)14-19-5-3-17(4-6-19)11-16-1-2-16/h3-10,13,15-16H,1-2,11-12,14H2,(H2,24,28)(H,25,29). The zero-order valence-corrected chi connectivity index (χ0v) is 16.2. The van der Waals surface area contributed by atoms with E-state index in [9.17, 15) is 9.59 Å². The monoisotopic (exact) mass is 388 g/mol. The molecule has 0 bridgehead atoms. The largest absolute Gasteiger partial charge is 0.366 e. The van der Waals surface area contributed by atoms with Gasteiger partial charge in [-0.05, 0) is 54.0 Å². The van der Waals surface area contributed by atoms with Gasteiger partial charge < -0.3 is 11.1 Å².